The van der Waals surface area contributed by atoms with E-state index in [1.807, 2.05) is 13.8 Å². The number of tetrazole rings is 1. The van der Waals surface area contributed by atoms with E-state index in [-0.39, 0.29) is 11.7 Å². The first kappa shape index (κ1) is 13.3. The maximum Gasteiger partial charge on any atom is 0.187 e. The summed E-state index contributed by atoms with van der Waals surface area (Å²) in [5.41, 5.74) is 0.420. The molecule has 0 spiro atoms. The van der Waals surface area contributed by atoms with Crippen molar-refractivity contribution in [2.75, 3.05) is 18.5 Å². The molecule has 0 aliphatic rings. The summed E-state index contributed by atoms with van der Waals surface area (Å²) in [6.45, 7) is 4.34. The Bertz CT molecular complexity index is 528. The third-order valence-electron chi connectivity index (χ3n) is 2.89. The minimum atomic E-state index is -0.368. The summed E-state index contributed by atoms with van der Waals surface area (Å²) in [7, 11) is 1.78. The lowest BCUT2D eigenvalue weighted by atomic mass is 10.1. The Morgan fingerprint density at radius 1 is 1.42 bits per heavy atom. The van der Waals surface area contributed by atoms with Crippen LogP contribution in [-0.4, -0.2) is 44.2 Å². The van der Waals surface area contributed by atoms with Crippen LogP contribution in [0.5, 0.6) is 0 Å². The van der Waals surface area contributed by atoms with Crippen LogP contribution in [0.4, 0.5) is 10.2 Å². The summed E-state index contributed by atoms with van der Waals surface area (Å²) in [5, 5.41) is 13.8. The largest absolute Gasteiger partial charge is 0.356 e. The zero-order valence-electron chi connectivity index (χ0n) is 11.1. The summed E-state index contributed by atoms with van der Waals surface area (Å²) in [6, 6.07) is 0. The number of likely N-dealkylation sites (N-methyl/N-ethyl adjacent to an activating group) is 1. The molecule has 0 amide bonds. The molecule has 1 N–H and O–H groups in total. The maximum atomic E-state index is 14.1. The fraction of sp³-hybridized carbons (Fsp3) is 0.545. The van der Waals surface area contributed by atoms with Crippen LogP contribution in [-0.2, 0) is 6.42 Å². The minimum absolute atomic E-state index is 0.0168. The van der Waals surface area contributed by atoms with Gasteiger partial charge in [0.15, 0.2) is 17.5 Å². The van der Waals surface area contributed by atoms with E-state index in [2.05, 4.69) is 30.6 Å². The lowest BCUT2D eigenvalue weighted by Crippen LogP contribution is -2.26. The molecule has 0 bridgehead atoms. The lowest BCUT2D eigenvalue weighted by molar-refractivity contribution is 0.581. The SMILES string of the molecule is CCc1ncnc(N(C)C[C@H](C)c2nn[nH]n2)c1F. The van der Waals surface area contributed by atoms with Crippen molar-refractivity contribution in [1.29, 1.82) is 0 Å². The monoisotopic (exact) mass is 265 g/mol. The van der Waals surface area contributed by atoms with Gasteiger partial charge in [-0.25, -0.2) is 14.4 Å². The smallest absolute Gasteiger partial charge is 0.187 e. The summed E-state index contributed by atoms with van der Waals surface area (Å²) < 4.78 is 14.1. The molecule has 0 unspecified atom stereocenters. The molecule has 0 fully saturated rings. The predicted octanol–water partition coefficient (Wildman–Crippen LogP) is 0.931. The number of rotatable bonds is 5. The van der Waals surface area contributed by atoms with Gasteiger partial charge >= 0.3 is 0 Å². The van der Waals surface area contributed by atoms with Crippen LogP contribution in [0, 0.1) is 5.82 Å². The second-order valence-electron chi connectivity index (χ2n) is 4.36. The van der Waals surface area contributed by atoms with Gasteiger partial charge in [-0.05, 0) is 6.42 Å². The van der Waals surface area contributed by atoms with Crippen molar-refractivity contribution in [3.8, 4) is 0 Å². The van der Waals surface area contributed by atoms with Gasteiger partial charge in [0.05, 0.1) is 5.69 Å². The van der Waals surface area contributed by atoms with Crippen LogP contribution in [0.3, 0.4) is 0 Å². The van der Waals surface area contributed by atoms with Gasteiger partial charge in [0.1, 0.15) is 6.33 Å². The molecule has 7 nitrogen and oxygen atoms in total. The number of aromatic nitrogens is 6. The zero-order chi connectivity index (χ0) is 13.8. The van der Waals surface area contributed by atoms with Gasteiger partial charge in [-0.2, -0.15) is 5.21 Å². The fourth-order valence-corrected chi connectivity index (χ4v) is 1.87. The van der Waals surface area contributed by atoms with Gasteiger partial charge in [0, 0.05) is 19.5 Å². The van der Waals surface area contributed by atoms with Gasteiger partial charge in [-0.15, -0.1) is 10.2 Å². The molecule has 2 rings (SSSR count). The van der Waals surface area contributed by atoms with E-state index >= 15 is 0 Å². The highest BCUT2D eigenvalue weighted by Gasteiger charge is 2.18. The van der Waals surface area contributed by atoms with Crippen LogP contribution in [0.25, 0.3) is 0 Å². The van der Waals surface area contributed by atoms with Crippen molar-refractivity contribution in [2.24, 2.45) is 0 Å². The molecule has 0 aliphatic carbocycles. The topological polar surface area (TPSA) is 83.5 Å². The molecule has 19 heavy (non-hydrogen) atoms. The quantitative estimate of drug-likeness (QED) is 0.866. The number of anilines is 1. The first-order valence-corrected chi connectivity index (χ1v) is 6.07. The lowest BCUT2D eigenvalue weighted by Gasteiger charge is -2.21. The van der Waals surface area contributed by atoms with Crippen molar-refractivity contribution in [3.63, 3.8) is 0 Å². The average Bonchev–Trinajstić information content (AvgIpc) is 2.92. The summed E-state index contributed by atoms with van der Waals surface area (Å²) in [4.78, 5) is 9.65. The first-order valence-electron chi connectivity index (χ1n) is 6.07. The number of aromatic amines is 1. The highest BCUT2D eigenvalue weighted by molar-refractivity contribution is 5.40. The predicted molar refractivity (Wildman–Crippen MR) is 67.2 cm³/mol. The normalized spacial score (nSPS) is 12.4. The molecule has 8 heteroatoms. The first-order chi connectivity index (χ1) is 9.13. The fourth-order valence-electron chi connectivity index (χ4n) is 1.87. The highest BCUT2D eigenvalue weighted by atomic mass is 19.1. The molecule has 0 aromatic carbocycles. The number of aryl methyl sites for hydroxylation is 1. The van der Waals surface area contributed by atoms with Gasteiger partial charge in [-0.3, -0.25) is 0 Å². The minimum Gasteiger partial charge on any atom is -0.356 e. The molecule has 102 valence electrons. The van der Waals surface area contributed by atoms with Crippen LogP contribution in [0.15, 0.2) is 6.33 Å². The second kappa shape index (κ2) is 5.68. The van der Waals surface area contributed by atoms with Crippen molar-refractivity contribution < 1.29 is 4.39 Å². The van der Waals surface area contributed by atoms with Gasteiger partial charge < -0.3 is 4.90 Å². The van der Waals surface area contributed by atoms with E-state index in [9.17, 15) is 4.39 Å². The van der Waals surface area contributed by atoms with Crippen molar-refractivity contribution in [1.82, 2.24) is 30.6 Å². The van der Waals surface area contributed by atoms with E-state index in [4.69, 9.17) is 0 Å². The number of halogens is 1. The third-order valence-corrected chi connectivity index (χ3v) is 2.89. The van der Waals surface area contributed by atoms with Crippen molar-refractivity contribution in [3.05, 3.63) is 23.7 Å². The molecular weight excluding hydrogens is 249 g/mol. The van der Waals surface area contributed by atoms with E-state index in [1.54, 1.807) is 11.9 Å². The van der Waals surface area contributed by atoms with Gasteiger partial charge in [-0.1, -0.05) is 19.1 Å². The Morgan fingerprint density at radius 2 is 2.21 bits per heavy atom. The molecule has 0 aliphatic heterocycles. The average molecular weight is 265 g/mol. The standard InChI is InChI=1S/C11H16FN7/c1-4-8-9(12)11(14-6-13-8)19(3)5-7(2)10-15-17-18-16-10/h6-7H,4-5H2,1-3H3,(H,15,16,17,18)/t7-/m0/s1. The second-order valence-corrected chi connectivity index (χ2v) is 4.36. The Labute approximate surface area is 110 Å². The maximum absolute atomic E-state index is 14.1. The number of nitrogens with zero attached hydrogens (tertiary/aromatic N) is 6. The highest BCUT2D eigenvalue weighted by Crippen LogP contribution is 2.19. The number of hydrogen-bond donors (Lipinski definition) is 1. The van der Waals surface area contributed by atoms with E-state index < -0.39 is 0 Å². The van der Waals surface area contributed by atoms with Crippen LogP contribution in [0.2, 0.25) is 0 Å². The summed E-state index contributed by atoms with van der Waals surface area (Å²) in [5.74, 6) is 0.537. The molecule has 0 radical (unpaired) electrons. The van der Waals surface area contributed by atoms with E-state index in [0.29, 0.717) is 30.3 Å². The molecule has 2 heterocycles. The summed E-state index contributed by atoms with van der Waals surface area (Å²) >= 11 is 0. The number of nitrogens with one attached hydrogen (secondary N) is 1. The Morgan fingerprint density at radius 3 is 2.84 bits per heavy atom. The third kappa shape index (κ3) is 2.83. The number of H-pyrrole nitrogens is 1. The van der Waals surface area contributed by atoms with Gasteiger partial charge in [0.25, 0.3) is 0 Å². The Balaban J connectivity index is 2.14. The number of hydrogen-bond acceptors (Lipinski definition) is 6. The van der Waals surface area contributed by atoms with Crippen LogP contribution in [0.1, 0.15) is 31.3 Å². The Kier molecular flexibility index (Phi) is 3.98. The zero-order valence-corrected chi connectivity index (χ0v) is 11.1. The molecule has 2 aromatic rings. The van der Waals surface area contributed by atoms with Crippen LogP contribution < -0.4 is 4.90 Å². The Hall–Kier alpha value is -2.12. The molecule has 0 saturated carbocycles. The van der Waals surface area contributed by atoms with Crippen LogP contribution >= 0.6 is 0 Å². The van der Waals surface area contributed by atoms with Crippen molar-refractivity contribution in [2.45, 2.75) is 26.2 Å². The molecule has 1 atom stereocenters. The molecule has 0 saturated heterocycles. The summed E-state index contributed by atoms with van der Waals surface area (Å²) in [6.07, 6.45) is 1.92. The molecular formula is C11H16FN7. The van der Waals surface area contributed by atoms with E-state index in [0.717, 1.165) is 0 Å². The van der Waals surface area contributed by atoms with E-state index in [1.165, 1.54) is 6.33 Å². The van der Waals surface area contributed by atoms with Crippen molar-refractivity contribution >= 4 is 5.82 Å². The molecule has 2 aromatic heterocycles. The van der Waals surface area contributed by atoms with Gasteiger partial charge in [0.2, 0.25) is 0 Å².